The van der Waals surface area contributed by atoms with Crippen LogP contribution in [0.2, 0.25) is 0 Å². The molecule has 1 rings (SSSR count). The minimum atomic E-state index is -0.0558. The molecule has 0 aromatic carbocycles. The first-order chi connectivity index (χ1) is 9.22. The van der Waals surface area contributed by atoms with Crippen LogP contribution in [0.25, 0.3) is 0 Å². The zero-order chi connectivity index (χ0) is 15.1. The average molecular weight is 271 g/mol. The molecule has 0 spiro atoms. The molecule has 0 bridgehead atoms. The fourth-order valence-corrected chi connectivity index (χ4v) is 1.16. The number of rotatable bonds is 6. The van der Waals surface area contributed by atoms with Crippen LogP contribution in [0.4, 0.5) is 0 Å². The van der Waals surface area contributed by atoms with Crippen LogP contribution < -0.4 is 10.6 Å². The second-order valence-corrected chi connectivity index (χ2v) is 3.34. The van der Waals surface area contributed by atoms with Crippen LogP contribution in [-0.4, -0.2) is 34.5 Å². The molecule has 0 saturated heterocycles. The molecule has 19 heavy (non-hydrogen) atoms. The maximum absolute atomic E-state index is 10.7. The van der Waals surface area contributed by atoms with E-state index in [1.807, 2.05) is 40.9 Å². The van der Waals surface area contributed by atoms with E-state index in [4.69, 9.17) is 0 Å². The van der Waals surface area contributed by atoms with Crippen molar-refractivity contribution in [2.75, 3.05) is 13.6 Å². The van der Waals surface area contributed by atoms with Crippen molar-refractivity contribution in [2.45, 2.75) is 54.1 Å². The molecule has 1 amide bonds. The summed E-state index contributed by atoms with van der Waals surface area (Å²) >= 11 is 0. The Kier molecular flexibility index (Phi) is 15.3. The third-order valence-corrected chi connectivity index (χ3v) is 1.92. The van der Waals surface area contributed by atoms with Gasteiger partial charge < -0.3 is 10.6 Å². The van der Waals surface area contributed by atoms with Gasteiger partial charge in [-0.1, -0.05) is 32.9 Å². The van der Waals surface area contributed by atoms with E-state index in [9.17, 15) is 4.79 Å². The smallest absolute Gasteiger partial charge is 0.217 e. The summed E-state index contributed by atoms with van der Waals surface area (Å²) < 4.78 is 1.79. The number of amides is 1. The Morgan fingerprint density at radius 3 is 2.47 bits per heavy atom. The lowest BCUT2D eigenvalue weighted by Gasteiger charge is -1.99. The molecule has 0 saturated carbocycles. The van der Waals surface area contributed by atoms with Crippen LogP contribution in [0.15, 0.2) is 6.20 Å². The maximum Gasteiger partial charge on any atom is 0.217 e. The van der Waals surface area contributed by atoms with Crippen molar-refractivity contribution in [3.05, 3.63) is 11.9 Å². The van der Waals surface area contributed by atoms with E-state index < -0.39 is 0 Å². The van der Waals surface area contributed by atoms with E-state index in [1.54, 1.807) is 4.68 Å². The van der Waals surface area contributed by atoms with Gasteiger partial charge in [-0.2, -0.15) is 0 Å². The zero-order valence-electron chi connectivity index (χ0n) is 13.2. The molecular formula is C13H29N5O. The first kappa shape index (κ1) is 19.9. The fraction of sp³-hybridized carbons (Fsp3) is 0.769. The van der Waals surface area contributed by atoms with Crippen LogP contribution in [0.1, 0.15) is 46.7 Å². The summed E-state index contributed by atoms with van der Waals surface area (Å²) in [6.45, 7) is 11.7. The number of carbonyl (C=O) groups is 1. The Morgan fingerprint density at radius 2 is 1.95 bits per heavy atom. The molecule has 0 unspecified atom stereocenters. The first-order valence-corrected chi connectivity index (χ1v) is 7.00. The third-order valence-electron chi connectivity index (χ3n) is 1.92. The van der Waals surface area contributed by atoms with Crippen LogP contribution in [0.5, 0.6) is 0 Å². The lowest BCUT2D eigenvalue weighted by molar-refractivity contribution is -0.119. The highest BCUT2D eigenvalue weighted by Crippen LogP contribution is 1.93. The summed E-state index contributed by atoms with van der Waals surface area (Å²) in [6.07, 6.45) is 2.87. The van der Waals surface area contributed by atoms with E-state index in [2.05, 4.69) is 20.9 Å². The van der Waals surface area contributed by atoms with E-state index in [1.165, 1.54) is 6.92 Å². The van der Waals surface area contributed by atoms with Gasteiger partial charge in [-0.3, -0.25) is 9.48 Å². The normalized spacial score (nSPS) is 8.74. The summed E-state index contributed by atoms with van der Waals surface area (Å²) in [7, 11) is 1.92. The Balaban J connectivity index is 0. The van der Waals surface area contributed by atoms with E-state index in [0.717, 1.165) is 25.2 Å². The van der Waals surface area contributed by atoms with Crippen molar-refractivity contribution in [3.8, 4) is 0 Å². The first-order valence-electron chi connectivity index (χ1n) is 7.00. The van der Waals surface area contributed by atoms with Gasteiger partial charge in [-0.05, 0) is 20.0 Å². The van der Waals surface area contributed by atoms with Gasteiger partial charge in [0.05, 0.1) is 12.7 Å². The molecule has 6 heteroatoms. The molecular weight excluding hydrogens is 242 g/mol. The highest BCUT2D eigenvalue weighted by Gasteiger charge is 2.00. The molecule has 0 aliphatic carbocycles. The second-order valence-electron chi connectivity index (χ2n) is 3.34. The minimum absolute atomic E-state index is 0.0558. The van der Waals surface area contributed by atoms with Crippen LogP contribution in [0, 0.1) is 0 Å². The van der Waals surface area contributed by atoms with Gasteiger partial charge >= 0.3 is 0 Å². The third kappa shape index (κ3) is 11.4. The van der Waals surface area contributed by atoms with Gasteiger partial charge in [0, 0.05) is 13.5 Å². The Hall–Kier alpha value is -1.43. The number of hydrogen-bond donors (Lipinski definition) is 2. The zero-order valence-corrected chi connectivity index (χ0v) is 13.2. The van der Waals surface area contributed by atoms with Gasteiger partial charge in [-0.15, -0.1) is 5.10 Å². The van der Waals surface area contributed by atoms with Crippen LogP contribution in [0.3, 0.4) is 0 Å². The standard InChI is InChI=1S/C9H17N5O.2C2H6/c1-8(15)11-6-9-7-14(13-12-9)5-3-4-10-2;2*1-2/h7,10H,3-6H2,1-2H3,(H,11,15);2*1-2H3. The summed E-state index contributed by atoms with van der Waals surface area (Å²) in [6, 6.07) is 0. The lowest BCUT2D eigenvalue weighted by atomic mass is 10.4. The van der Waals surface area contributed by atoms with Crippen molar-refractivity contribution in [2.24, 2.45) is 0 Å². The van der Waals surface area contributed by atoms with Crippen LogP contribution >= 0.6 is 0 Å². The van der Waals surface area contributed by atoms with Crippen molar-refractivity contribution < 1.29 is 4.79 Å². The predicted octanol–water partition coefficient (Wildman–Crippen LogP) is 1.58. The molecule has 0 atom stereocenters. The topological polar surface area (TPSA) is 71.8 Å². The molecule has 1 heterocycles. The van der Waals surface area contributed by atoms with Crippen molar-refractivity contribution in [1.29, 1.82) is 0 Å². The van der Waals surface area contributed by atoms with Gasteiger partial charge in [0.15, 0.2) is 0 Å². The quantitative estimate of drug-likeness (QED) is 0.771. The molecule has 0 fully saturated rings. The SMILES string of the molecule is CC.CC.CNCCCn1cc(CNC(C)=O)nn1. The number of nitrogens with zero attached hydrogens (tertiary/aromatic N) is 3. The monoisotopic (exact) mass is 271 g/mol. The second kappa shape index (κ2) is 14.6. The molecule has 112 valence electrons. The van der Waals surface area contributed by atoms with Crippen molar-refractivity contribution >= 4 is 5.91 Å². The van der Waals surface area contributed by atoms with Gasteiger partial charge in [0.25, 0.3) is 0 Å². The summed E-state index contributed by atoms with van der Waals surface area (Å²) in [5.74, 6) is -0.0558. The fourth-order valence-electron chi connectivity index (χ4n) is 1.16. The van der Waals surface area contributed by atoms with E-state index in [-0.39, 0.29) is 5.91 Å². The number of carbonyl (C=O) groups excluding carboxylic acids is 1. The molecule has 0 radical (unpaired) electrons. The number of aromatic nitrogens is 3. The highest BCUT2D eigenvalue weighted by atomic mass is 16.1. The van der Waals surface area contributed by atoms with Crippen molar-refractivity contribution in [3.63, 3.8) is 0 Å². The Labute approximate surface area is 117 Å². The largest absolute Gasteiger partial charge is 0.351 e. The minimum Gasteiger partial charge on any atom is -0.351 e. The number of nitrogens with one attached hydrogen (secondary N) is 2. The average Bonchev–Trinajstić information content (AvgIpc) is 2.89. The van der Waals surface area contributed by atoms with E-state index in [0.29, 0.717) is 6.54 Å². The Morgan fingerprint density at radius 1 is 1.32 bits per heavy atom. The van der Waals surface area contributed by atoms with Gasteiger partial charge in [0.1, 0.15) is 5.69 Å². The Bertz CT molecular complexity index is 312. The van der Waals surface area contributed by atoms with Gasteiger partial charge in [0.2, 0.25) is 5.91 Å². The number of aryl methyl sites for hydroxylation is 1. The molecule has 2 N–H and O–H groups in total. The number of hydrogen-bond acceptors (Lipinski definition) is 4. The molecule has 1 aromatic heterocycles. The maximum atomic E-state index is 10.7. The molecule has 0 aliphatic rings. The summed E-state index contributed by atoms with van der Waals surface area (Å²) in [5.41, 5.74) is 0.787. The molecule has 1 aromatic rings. The van der Waals surface area contributed by atoms with Crippen molar-refractivity contribution in [1.82, 2.24) is 25.6 Å². The highest BCUT2D eigenvalue weighted by molar-refractivity contribution is 5.72. The molecule has 0 aliphatic heterocycles. The molecule has 6 nitrogen and oxygen atoms in total. The lowest BCUT2D eigenvalue weighted by Crippen LogP contribution is -2.19. The van der Waals surface area contributed by atoms with E-state index >= 15 is 0 Å². The predicted molar refractivity (Wildman–Crippen MR) is 78.8 cm³/mol. The summed E-state index contributed by atoms with van der Waals surface area (Å²) in [4.78, 5) is 10.7. The van der Waals surface area contributed by atoms with Crippen LogP contribution in [-0.2, 0) is 17.9 Å². The van der Waals surface area contributed by atoms with Gasteiger partial charge in [-0.25, -0.2) is 0 Å². The summed E-state index contributed by atoms with van der Waals surface area (Å²) in [5, 5.41) is 13.6.